The summed E-state index contributed by atoms with van der Waals surface area (Å²) in [6.45, 7) is -0.269. The summed E-state index contributed by atoms with van der Waals surface area (Å²) in [6, 6.07) is 0. The lowest BCUT2D eigenvalue weighted by Gasteiger charge is -2.11. The number of aromatic nitrogens is 3. The molecule has 1 fully saturated rings. The topological polar surface area (TPSA) is 123 Å². The van der Waals surface area contributed by atoms with E-state index in [9.17, 15) is 9.90 Å². The molecule has 1 amide bonds. The van der Waals surface area contributed by atoms with Gasteiger partial charge in [0.2, 0.25) is 5.82 Å². The molecule has 2 heterocycles. The average Bonchev–Trinajstić information content (AvgIpc) is 2.83. The molecular formula is C8H12N4O4. The number of amides is 1. The largest absolute Gasteiger partial charge is 0.394 e. The van der Waals surface area contributed by atoms with Crippen LogP contribution < -0.4 is 5.73 Å². The first kappa shape index (κ1) is 11.0. The molecule has 1 aromatic rings. The van der Waals surface area contributed by atoms with Crippen molar-refractivity contribution in [2.24, 2.45) is 5.73 Å². The Balaban J connectivity index is 2.11. The first-order chi connectivity index (χ1) is 7.61. The molecular weight excluding hydrogens is 216 g/mol. The number of hydrogen-bond donors (Lipinski definition) is 3. The van der Waals surface area contributed by atoms with Crippen LogP contribution in [0.2, 0.25) is 0 Å². The maximum atomic E-state index is 10.8. The number of carbonyl (C=O) groups excluding carboxylic acids is 1. The summed E-state index contributed by atoms with van der Waals surface area (Å²) in [6.07, 6.45) is -0.334. The van der Waals surface area contributed by atoms with Gasteiger partial charge in [-0.05, 0) is 0 Å². The number of aliphatic hydroxyl groups excluding tert-OH is 2. The standard InChI is InChI=1S/C8H12N4O4/c9-7(15)8-10-3-12(11-8)6-1-4(14)5(2-13)16-6/h3-6,13-14H,1-2H2,(H2,9,15)/t4-,5+,6+/m1/s1. The van der Waals surface area contributed by atoms with Crippen molar-refractivity contribution >= 4 is 5.91 Å². The highest BCUT2D eigenvalue weighted by molar-refractivity contribution is 5.88. The Morgan fingerprint density at radius 1 is 1.75 bits per heavy atom. The zero-order chi connectivity index (χ0) is 11.7. The van der Waals surface area contributed by atoms with Gasteiger partial charge in [0.1, 0.15) is 12.4 Å². The van der Waals surface area contributed by atoms with Gasteiger partial charge in [0.05, 0.1) is 12.7 Å². The monoisotopic (exact) mass is 228 g/mol. The zero-order valence-corrected chi connectivity index (χ0v) is 8.35. The van der Waals surface area contributed by atoms with Crippen LogP contribution in [0.25, 0.3) is 0 Å². The lowest BCUT2D eigenvalue weighted by Crippen LogP contribution is -2.24. The van der Waals surface area contributed by atoms with E-state index in [0.29, 0.717) is 0 Å². The molecule has 1 aliphatic rings. The van der Waals surface area contributed by atoms with E-state index in [2.05, 4.69) is 10.1 Å². The van der Waals surface area contributed by atoms with E-state index in [1.807, 2.05) is 0 Å². The predicted octanol–water partition coefficient (Wildman–Crippen LogP) is -1.98. The molecule has 3 atom stereocenters. The smallest absolute Gasteiger partial charge is 0.288 e. The first-order valence-electron chi connectivity index (χ1n) is 4.77. The van der Waals surface area contributed by atoms with Gasteiger partial charge in [-0.25, -0.2) is 9.67 Å². The van der Waals surface area contributed by atoms with Crippen LogP contribution in [0.1, 0.15) is 23.3 Å². The van der Waals surface area contributed by atoms with Crippen molar-refractivity contribution in [3.05, 3.63) is 12.2 Å². The fourth-order valence-corrected chi connectivity index (χ4v) is 1.57. The fraction of sp³-hybridized carbons (Fsp3) is 0.625. The van der Waals surface area contributed by atoms with E-state index in [1.165, 1.54) is 11.0 Å². The van der Waals surface area contributed by atoms with Gasteiger partial charge in [-0.3, -0.25) is 4.79 Å². The molecule has 0 saturated carbocycles. The van der Waals surface area contributed by atoms with Gasteiger partial charge in [0.25, 0.3) is 5.91 Å². The highest BCUT2D eigenvalue weighted by Crippen LogP contribution is 2.27. The molecule has 16 heavy (non-hydrogen) atoms. The molecule has 0 aliphatic carbocycles. The van der Waals surface area contributed by atoms with Gasteiger partial charge in [-0.1, -0.05) is 0 Å². The first-order valence-corrected chi connectivity index (χ1v) is 4.77. The molecule has 1 aliphatic heterocycles. The number of nitrogens with zero attached hydrogens (tertiary/aromatic N) is 3. The van der Waals surface area contributed by atoms with Gasteiger partial charge < -0.3 is 20.7 Å². The highest BCUT2D eigenvalue weighted by atomic mass is 16.5. The van der Waals surface area contributed by atoms with E-state index >= 15 is 0 Å². The fourth-order valence-electron chi connectivity index (χ4n) is 1.57. The lowest BCUT2D eigenvalue weighted by atomic mass is 10.2. The van der Waals surface area contributed by atoms with Crippen LogP contribution >= 0.6 is 0 Å². The minimum atomic E-state index is -0.753. The van der Waals surface area contributed by atoms with Crippen LogP contribution in [0.4, 0.5) is 0 Å². The number of nitrogens with two attached hydrogens (primary N) is 1. The third-order valence-electron chi connectivity index (χ3n) is 2.41. The molecule has 8 heteroatoms. The summed E-state index contributed by atoms with van der Waals surface area (Å²) in [5.41, 5.74) is 5.00. The van der Waals surface area contributed by atoms with Crippen molar-refractivity contribution in [2.75, 3.05) is 6.61 Å². The van der Waals surface area contributed by atoms with Crippen molar-refractivity contribution < 1.29 is 19.7 Å². The van der Waals surface area contributed by atoms with E-state index in [1.54, 1.807) is 0 Å². The molecule has 1 aromatic heterocycles. The second kappa shape index (κ2) is 4.16. The van der Waals surface area contributed by atoms with Crippen molar-refractivity contribution in [3.8, 4) is 0 Å². The van der Waals surface area contributed by atoms with Crippen LogP contribution in [-0.4, -0.2) is 49.7 Å². The van der Waals surface area contributed by atoms with Gasteiger partial charge in [0.15, 0.2) is 6.23 Å². The molecule has 8 nitrogen and oxygen atoms in total. The summed E-state index contributed by atoms with van der Waals surface area (Å²) in [5.74, 6) is -0.832. The summed E-state index contributed by atoms with van der Waals surface area (Å²) < 4.78 is 6.61. The van der Waals surface area contributed by atoms with Crippen LogP contribution in [-0.2, 0) is 4.74 Å². The average molecular weight is 228 g/mol. The number of aliphatic hydroxyl groups is 2. The zero-order valence-electron chi connectivity index (χ0n) is 8.35. The number of rotatable bonds is 3. The third-order valence-corrected chi connectivity index (χ3v) is 2.41. The summed E-state index contributed by atoms with van der Waals surface area (Å²) >= 11 is 0. The Morgan fingerprint density at radius 3 is 3.00 bits per heavy atom. The van der Waals surface area contributed by atoms with Crippen LogP contribution in [0.3, 0.4) is 0 Å². The molecule has 0 radical (unpaired) electrons. The van der Waals surface area contributed by atoms with Gasteiger partial charge in [-0.15, -0.1) is 5.10 Å². The molecule has 0 spiro atoms. The normalized spacial score (nSPS) is 29.5. The number of carbonyl (C=O) groups is 1. The van der Waals surface area contributed by atoms with E-state index in [4.69, 9.17) is 15.6 Å². The number of primary amides is 1. The van der Waals surface area contributed by atoms with Crippen molar-refractivity contribution in [1.82, 2.24) is 14.8 Å². The molecule has 1 saturated heterocycles. The predicted molar refractivity (Wildman–Crippen MR) is 50.2 cm³/mol. The van der Waals surface area contributed by atoms with Gasteiger partial charge in [0, 0.05) is 6.42 Å². The third kappa shape index (κ3) is 1.90. The Labute approximate surface area is 90.6 Å². The van der Waals surface area contributed by atoms with E-state index in [-0.39, 0.29) is 18.9 Å². The highest BCUT2D eigenvalue weighted by Gasteiger charge is 2.35. The van der Waals surface area contributed by atoms with Gasteiger partial charge in [-0.2, -0.15) is 0 Å². The maximum Gasteiger partial charge on any atom is 0.288 e. The molecule has 0 unspecified atom stereocenters. The summed E-state index contributed by atoms with van der Waals surface area (Å²) in [4.78, 5) is 14.5. The number of hydrogen-bond acceptors (Lipinski definition) is 6. The van der Waals surface area contributed by atoms with E-state index < -0.39 is 24.3 Å². The second-order valence-electron chi connectivity index (χ2n) is 3.53. The minimum Gasteiger partial charge on any atom is -0.394 e. The SMILES string of the molecule is NC(=O)c1ncn([C@@H]2C[C@@H](O)[C@H](CO)O2)n1. The Morgan fingerprint density at radius 2 is 2.50 bits per heavy atom. The second-order valence-corrected chi connectivity index (χ2v) is 3.53. The Bertz CT molecular complexity index is 393. The van der Waals surface area contributed by atoms with Crippen LogP contribution in [0.15, 0.2) is 6.33 Å². The minimum absolute atomic E-state index is 0.106. The molecule has 0 aromatic carbocycles. The van der Waals surface area contributed by atoms with Gasteiger partial charge >= 0.3 is 0 Å². The van der Waals surface area contributed by atoms with Crippen molar-refractivity contribution in [3.63, 3.8) is 0 Å². The molecule has 2 rings (SSSR count). The summed E-state index contributed by atoms with van der Waals surface area (Å²) in [7, 11) is 0. The van der Waals surface area contributed by atoms with Crippen molar-refractivity contribution in [1.29, 1.82) is 0 Å². The molecule has 0 bridgehead atoms. The van der Waals surface area contributed by atoms with E-state index in [0.717, 1.165) is 0 Å². The maximum absolute atomic E-state index is 10.8. The Hall–Kier alpha value is -1.51. The Kier molecular flexibility index (Phi) is 2.86. The lowest BCUT2D eigenvalue weighted by molar-refractivity contribution is -0.0485. The van der Waals surface area contributed by atoms with Crippen LogP contribution in [0, 0.1) is 0 Å². The number of ether oxygens (including phenoxy) is 1. The molecule has 4 N–H and O–H groups in total. The summed E-state index contributed by atoms with van der Waals surface area (Å²) in [5, 5.41) is 22.2. The quantitative estimate of drug-likeness (QED) is 0.550. The van der Waals surface area contributed by atoms with Crippen molar-refractivity contribution in [2.45, 2.75) is 24.9 Å². The van der Waals surface area contributed by atoms with Crippen LogP contribution in [0.5, 0.6) is 0 Å². The molecule has 88 valence electrons.